The van der Waals surface area contributed by atoms with Crippen LogP contribution in [0.5, 0.6) is 0 Å². The molecular weight excluding hydrogens is 204 g/mol. The number of rotatable bonds is 8. The van der Waals surface area contributed by atoms with Crippen molar-refractivity contribution in [3.63, 3.8) is 0 Å². The number of carbonyl (C=O) groups is 1. The molecule has 0 aromatic heterocycles. The van der Waals surface area contributed by atoms with Crippen molar-refractivity contribution in [3.8, 4) is 0 Å². The number of hydrogen-bond donors (Lipinski definition) is 2. The predicted octanol–water partition coefficient (Wildman–Crippen LogP) is 1.98. The van der Waals surface area contributed by atoms with Crippen LogP contribution in [0.1, 0.15) is 46.5 Å². The van der Waals surface area contributed by atoms with Gasteiger partial charge in [0.1, 0.15) is 0 Å². The summed E-state index contributed by atoms with van der Waals surface area (Å²) in [6.07, 6.45) is 3.93. The van der Waals surface area contributed by atoms with Crippen molar-refractivity contribution in [3.05, 3.63) is 0 Å². The molecule has 2 amide bonds. The van der Waals surface area contributed by atoms with E-state index in [-0.39, 0.29) is 18.7 Å². The van der Waals surface area contributed by atoms with E-state index in [0.717, 1.165) is 32.2 Å². The van der Waals surface area contributed by atoms with Crippen molar-refractivity contribution in [2.75, 3.05) is 19.7 Å². The summed E-state index contributed by atoms with van der Waals surface area (Å²) in [7, 11) is 0. The lowest BCUT2D eigenvalue weighted by Crippen LogP contribution is -2.47. The maximum absolute atomic E-state index is 11.9. The monoisotopic (exact) mass is 230 g/mol. The van der Waals surface area contributed by atoms with Crippen molar-refractivity contribution in [2.24, 2.45) is 0 Å². The molecule has 0 atom stereocenters. The van der Waals surface area contributed by atoms with Crippen molar-refractivity contribution in [1.82, 2.24) is 10.2 Å². The Balaban J connectivity index is 4.21. The lowest BCUT2D eigenvalue weighted by molar-refractivity contribution is 0.147. The van der Waals surface area contributed by atoms with Gasteiger partial charge in [0.25, 0.3) is 0 Å². The Hall–Kier alpha value is -0.770. The molecule has 0 saturated heterocycles. The van der Waals surface area contributed by atoms with Crippen LogP contribution in [0.2, 0.25) is 0 Å². The molecule has 0 aromatic rings. The van der Waals surface area contributed by atoms with Crippen LogP contribution < -0.4 is 5.32 Å². The minimum Gasteiger partial charge on any atom is -0.395 e. The van der Waals surface area contributed by atoms with Crippen molar-refractivity contribution in [2.45, 2.75) is 52.5 Å². The molecule has 0 spiro atoms. The molecule has 0 bridgehead atoms. The first-order chi connectivity index (χ1) is 7.71. The highest BCUT2D eigenvalue weighted by Gasteiger charge is 2.19. The Bertz CT molecular complexity index is 182. The van der Waals surface area contributed by atoms with Gasteiger partial charge in [-0.2, -0.15) is 0 Å². The lowest BCUT2D eigenvalue weighted by Gasteiger charge is -2.30. The quantitative estimate of drug-likeness (QED) is 0.626. The molecule has 0 unspecified atom stereocenters. The fourth-order valence-corrected chi connectivity index (χ4v) is 1.76. The van der Waals surface area contributed by atoms with E-state index in [1.807, 2.05) is 0 Å². The second kappa shape index (κ2) is 9.46. The van der Waals surface area contributed by atoms with Gasteiger partial charge < -0.3 is 15.3 Å². The van der Waals surface area contributed by atoms with Gasteiger partial charge >= 0.3 is 6.03 Å². The normalized spacial score (nSPS) is 10.6. The van der Waals surface area contributed by atoms with Gasteiger partial charge in [-0.05, 0) is 19.3 Å². The number of carbonyl (C=O) groups excluding carboxylic acids is 1. The van der Waals surface area contributed by atoms with E-state index in [2.05, 4.69) is 26.1 Å². The van der Waals surface area contributed by atoms with Crippen LogP contribution in [0.4, 0.5) is 4.79 Å². The number of nitrogens with zero attached hydrogens (tertiary/aromatic N) is 1. The summed E-state index contributed by atoms with van der Waals surface area (Å²) < 4.78 is 0. The summed E-state index contributed by atoms with van der Waals surface area (Å²) in [5.41, 5.74) is 0. The van der Waals surface area contributed by atoms with Gasteiger partial charge in [-0.15, -0.1) is 0 Å². The third kappa shape index (κ3) is 5.35. The molecule has 0 aliphatic carbocycles. The number of hydrogen-bond acceptors (Lipinski definition) is 2. The molecule has 0 saturated carbocycles. The van der Waals surface area contributed by atoms with Gasteiger partial charge in [0.05, 0.1) is 6.61 Å². The molecule has 0 rings (SSSR count). The first-order valence-electron chi connectivity index (χ1n) is 6.36. The van der Waals surface area contributed by atoms with E-state index in [0.29, 0.717) is 6.54 Å². The second-order valence-electron chi connectivity index (χ2n) is 3.97. The minimum absolute atomic E-state index is 0.0255. The van der Waals surface area contributed by atoms with E-state index in [9.17, 15) is 4.79 Å². The topological polar surface area (TPSA) is 52.6 Å². The highest BCUT2D eigenvalue weighted by Crippen LogP contribution is 2.08. The number of aliphatic hydroxyl groups is 1. The molecule has 0 aliphatic heterocycles. The van der Waals surface area contributed by atoms with E-state index < -0.39 is 0 Å². The molecule has 4 heteroatoms. The zero-order valence-corrected chi connectivity index (χ0v) is 10.8. The summed E-state index contributed by atoms with van der Waals surface area (Å²) >= 11 is 0. The van der Waals surface area contributed by atoms with Gasteiger partial charge in [-0.25, -0.2) is 4.79 Å². The zero-order valence-electron chi connectivity index (χ0n) is 10.8. The SMILES string of the molecule is CCCCNC(=O)N(CCO)C(CC)CC. The standard InChI is InChI=1S/C12H26N2O2/c1-4-7-8-13-12(16)14(9-10-15)11(5-2)6-3/h11,15H,4-10H2,1-3H3,(H,13,16). The molecular formula is C12H26N2O2. The van der Waals surface area contributed by atoms with Crippen molar-refractivity contribution in [1.29, 1.82) is 0 Å². The maximum Gasteiger partial charge on any atom is 0.317 e. The van der Waals surface area contributed by atoms with Gasteiger partial charge in [0.2, 0.25) is 0 Å². The first-order valence-corrected chi connectivity index (χ1v) is 6.36. The van der Waals surface area contributed by atoms with E-state index in [1.165, 1.54) is 0 Å². The van der Waals surface area contributed by atoms with Gasteiger partial charge in [-0.1, -0.05) is 27.2 Å². The summed E-state index contributed by atoms with van der Waals surface area (Å²) in [6, 6.07) is 0.185. The van der Waals surface area contributed by atoms with Crippen LogP contribution in [0, 0.1) is 0 Å². The zero-order chi connectivity index (χ0) is 12.4. The van der Waals surface area contributed by atoms with E-state index in [1.54, 1.807) is 4.90 Å². The average Bonchev–Trinajstić information content (AvgIpc) is 2.29. The molecule has 96 valence electrons. The third-order valence-corrected chi connectivity index (χ3v) is 2.79. The Morgan fingerprint density at radius 1 is 1.31 bits per heavy atom. The number of urea groups is 1. The highest BCUT2D eigenvalue weighted by atomic mass is 16.3. The summed E-state index contributed by atoms with van der Waals surface area (Å²) in [6.45, 7) is 7.40. The maximum atomic E-state index is 11.9. The van der Waals surface area contributed by atoms with Crippen LogP contribution in [-0.2, 0) is 0 Å². The van der Waals surface area contributed by atoms with Crippen LogP contribution in [0.25, 0.3) is 0 Å². The number of unbranched alkanes of at least 4 members (excludes halogenated alkanes) is 1. The largest absolute Gasteiger partial charge is 0.395 e. The highest BCUT2D eigenvalue weighted by molar-refractivity contribution is 5.74. The summed E-state index contributed by atoms with van der Waals surface area (Å²) in [4.78, 5) is 13.6. The fraction of sp³-hybridized carbons (Fsp3) is 0.917. The molecule has 4 nitrogen and oxygen atoms in total. The smallest absolute Gasteiger partial charge is 0.317 e. The van der Waals surface area contributed by atoms with Crippen LogP contribution in [0.3, 0.4) is 0 Å². The van der Waals surface area contributed by atoms with Crippen molar-refractivity contribution < 1.29 is 9.90 Å². The van der Waals surface area contributed by atoms with Gasteiger partial charge in [-0.3, -0.25) is 0 Å². The first kappa shape index (κ1) is 15.2. The predicted molar refractivity (Wildman–Crippen MR) is 66.5 cm³/mol. The Morgan fingerprint density at radius 3 is 2.38 bits per heavy atom. The second-order valence-corrected chi connectivity index (χ2v) is 3.97. The van der Waals surface area contributed by atoms with Crippen LogP contribution in [0.15, 0.2) is 0 Å². The molecule has 16 heavy (non-hydrogen) atoms. The third-order valence-electron chi connectivity index (χ3n) is 2.79. The number of amides is 2. The van der Waals surface area contributed by atoms with Gasteiger partial charge in [0, 0.05) is 19.1 Å². The molecule has 0 heterocycles. The van der Waals surface area contributed by atoms with Crippen LogP contribution >= 0.6 is 0 Å². The van der Waals surface area contributed by atoms with Gasteiger partial charge in [0.15, 0.2) is 0 Å². The molecule has 2 N–H and O–H groups in total. The van der Waals surface area contributed by atoms with E-state index in [4.69, 9.17) is 5.11 Å². The molecule has 0 fully saturated rings. The van der Waals surface area contributed by atoms with Crippen LogP contribution in [-0.4, -0.2) is 41.8 Å². The minimum atomic E-state index is -0.0452. The van der Waals surface area contributed by atoms with E-state index >= 15 is 0 Å². The lowest BCUT2D eigenvalue weighted by atomic mass is 10.1. The molecule has 0 aliphatic rings. The summed E-state index contributed by atoms with van der Waals surface area (Å²) in [5, 5.41) is 11.9. The van der Waals surface area contributed by atoms with Crippen molar-refractivity contribution >= 4 is 6.03 Å². The Morgan fingerprint density at radius 2 is 1.94 bits per heavy atom. The Kier molecular flexibility index (Phi) is 9.00. The molecule has 0 aromatic carbocycles. The number of nitrogens with one attached hydrogen (secondary N) is 1. The average molecular weight is 230 g/mol. The Labute approximate surface area is 99.0 Å². The number of aliphatic hydroxyl groups excluding tert-OH is 1. The molecule has 0 radical (unpaired) electrons. The summed E-state index contributed by atoms with van der Waals surface area (Å²) in [5.74, 6) is 0. The fourth-order valence-electron chi connectivity index (χ4n) is 1.76.